The Morgan fingerprint density at radius 2 is 1.79 bits per heavy atom. The highest BCUT2D eigenvalue weighted by Crippen LogP contribution is 2.32. The Hall–Kier alpha value is -3.15. The van der Waals surface area contributed by atoms with Gasteiger partial charge < -0.3 is 10.1 Å². The van der Waals surface area contributed by atoms with Gasteiger partial charge >= 0.3 is 0 Å². The lowest BCUT2D eigenvalue weighted by molar-refractivity contribution is -0.384. The van der Waals surface area contributed by atoms with E-state index < -0.39 is 4.92 Å². The number of hydrogen-bond acceptors (Lipinski definition) is 4. The van der Waals surface area contributed by atoms with Crippen molar-refractivity contribution in [1.82, 2.24) is 5.32 Å². The van der Waals surface area contributed by atoms with Crippen molar-refractivity contribution < 1.29 is 14.5 Å². The van der Waals surface area contributed by atoms with Crippen LogP contribution in [0.3, 0.4) is 0 Å². The summed E-state index contributed by atoms with van der Waals surface area (Å²) in [5.41, 5.74) is 3.93. The molecule has 0 bridgehead atoms. The molecule has 1 amide bonds. The molecule has 0 aromatic heterocycles. The largest absolute Gasteiger partial charge is 0.496 e. The van der Waals surface area contributed by atoms with Crippen LogP contribution in [0.5, 0.6) is 5.75 Å². The number of amides is 1. The van der Waals surface area contributed by atoms with E-state index in [2.05, 4.69) is 25.2 Å². The third-order valence-corrected chi connectivity index (χ3v) is 4.60. The molecule has 6 heteroatoms. The van der Waals surface area contributed by atoms with Crippen molar-refractivity contribution in [3.8, 4) is 5.75 Å². The molecule has 0 heterocycles. The fourth-order valence-electron chi connectivity index (χ4n) is 3.03. The molecule has 0 fully saturated rings. The molecular formula is C22H26N2O4. The molecule has 1 N–H and O–H groups in total. The molecule has 148 valence electrons. The maximum absolute atomic E-state index is 12.3. The molecule has 2 rings (SSSR count). The number of aryl methyl sites for hydroxylation is 1. The lowest BCUT2D eigenvalue weighted by atomic mass is 9.93. The summed E-state index contributed by atoms with van der Waals surface area (Å²) in [4.78, 5) is 22.5. The van der Waals surface area contributed by atoms with E-state index in [0.717, 1.165) is 28.0 Å². The second-order valence-corrected chi connectivity index (χ2v) is 7.02. The van der Waals surface area contributed by atoms with Gasteiger partial charge in [0.1, 0.15) is 5.75 Å². The molecule has 0 aliphatic carbocycles. The van der Waals surface area contributed by atoms with Crippen LogP contribution in [0.25, 0.3) is 6.08 Å². The summed E-state index contributed by atoms with van der Waals surface area (Å²) in [7, 11) is 1.66. The van der Waals surface area contributed by atoms with Crippen molar-refractivity contribution in [3.63, 3.8) is 0 Å². The number of nitrogens with one attached hydrogen (secondary N) is 1. The molecule has 2 aromatic carbocycles. The number of hydrogen-bond donors (Lipinski definition) is 1. The third-order valence-electron chi connectivity index (χ3n) is 4.60. The molecule has 0 unspecified atom stereocenters. The summed E-state index contributed by atoms with van der Waals surface area (Å²) >= 11 is 0. The molecule has 28 heavy (non-hydrogen) atoms. The first-order valence-corrected chi connectivity index (χ1v) is 9.14. The van der Waals surface area contributed by atoms with Gasteiger partial charge in [-0.2, -0.15) is 0 Å². The summed E-state index contributed by atoms with van der Waals surface area (Å²) < 4.78 is 5.47. The number of non-ortho nitro benzene ring substituents is 1. The summed E-state index contributed by atoms with van der Waals surface area (Å²) in [6.45, 7) is 8.15. The molecule has 1 atom stereocenters. The smallest absolute Gasteiger partial charge is 0.269 e. The lowest BCUT2D eigenvalue weighted by Gasteiger charge is -2.20. The van der Waals surface area contributed by atoms with Gasteiger partial charge in [0.15, 0.2) is 0 Å². The fourth-order valence-corrected chi connectivity index (χ4v) is 3.03. The second-order valence-electron chi connectivity index (χ2n) is 7.02. The summed E-state index contributed by atoms with van der Waals surface area (Å²) in [6, 6.07) is 9.95. The first-order chi connectivity index (χ1) is 13.2. The van der Waals surface area contributed by atoms with Gasteiger partial charge in [-0.25, -0.2) is 0 Å². The number of methoxy groups -OCH3 is 1. The molecule has 6 nitrogen and oxygen atoms in total. The molecule has 0 spiro atoms. The third kappa shape index (κ3) is 5.19. The Kier molecular flexibility index (Phi) is 6.93. The van der Waals surface area contributed by atoms with Crippen LogP contribution in [-0.2, 0) is 4.79 Å². The number of carbonyl (C=O) groups is 1. The Morgan fingerprint density at radius 3 is 2.32 bits per heavy atom. The Balaban J connectivity index is 2.11. The van der Waals surface area contributed by atoms with E-state index >= 15 is 0 Å². The first kappa shape index (κ1) is 21.2. The second kappa shape index (κ2) is 9.17. The number of nitro groups is 1. The molecule has 0 saturated heterocycles. The van der Waals surface area contributed by atoms with Crippen LogP contribution in [0.15, 0.2) is 42.5 Å². The molecule has 0 aliphatic heterocycles. The minimum atomic E-state index is -0.454. The zero-order valence-corrected chi connectivity index (χ0v) is 16.9. The normalized spacial score (nSPS) is 12.2. The van der Waals surface area contributed by atoms with E-state index in [1.165, 1.54) is 18.2 Å². The van der Waals surface area contributed by atoms with Crippen molar-refractivity contribution in [2.45, 2.75) is 39.7 Å². The maximum atomic E-state index is 12.3. The molecule has 0 saturated carbocycles. The quantitative estimate of drug-likeness (QED) is 0.418. The summed E-state index contributed by atoms with van der Waals surface area (Å²) in [6.07, 6.45) is 3.06. The van der Waals surface area contributed by atoms with E-state index in [9.17, 15) is 14.9 Å². The van der Waals surface area contributed by atoms with Crippen LogP contribution in [0, 0.1) is 17.0 Å². The van der Waals surface area contributed by atoms with Gasteiger partial charge in [0.25, 0.3) is 5.69 Å². The Morgan fingerprint density at radius 1 is 1.14 bits per heavy atom. The minimum absolute atomic E-state index is 0.0196. The van der Waals surface area contributed by atoms with E-state index in [1.807, 2.05) is 19.9 Å². The number of rotatable bonds is 7. The predicted octanol–water partition coefficient (Wildman–Crippen LogP) is 4.93. The maximum Gasteiger partial charge on any atom is 0.269 e. The average Bonchev–Trinajstić information content (AvgIpc) is 2.65. The number of ether oxygens (including phenoxy) is 1. The summed E-state index contributed by atoms with van der Waals surface area (Å²) in [5, 5.41) is 13.6. The van der Waals surface area contributed by atoms with E-state index in [0.29, 0.717) is 5.92 Å². The van der Waals surface area contributed by atoms with E-state index in [4.69, 9.17) is 4.74 Å². The van der Waals surface area contributed by atoms with Crippen LogP contribution in [0.2, 0.25) is 0 Å². The van der Waals surface area contributed by atoms with Gasteiger partial charge in [0, 0.05) is 18.2 Å². The number of carbonyl (C=O) groups excluding carboxylic acids is 1. The zero-order valence-electron chi connectivity index (χ0n) is 16.9. The minimum Gasteiger partial charge on any atom is -0.496 e. The molecular weight excluding hydrogens is 356 g/mol. The van der Waals surface area contributed by atoms with Crippen molar-refractivity contribution in [1.29, 1.82) is 0 Å². The van der Waals surface area contributed by atoms with Crippen molar-refractivity contribution >= 4 is 17.7 Å². The summed E-state index contributed by atoms with van der Waals surface area (Å²) in [5.74, 6) is 0.930. The van der Waals surface area contributed by atoms with Gasteiger partial charge in [-0.1, -0.05) is 13.8 Å². The van der Waals surface area contributed by atoms with Gasteiger partial charge in [-0.15, -0.1) is 0 Å². The van der Waals surface area contributed by atoms with E-state index in [-0.39, 0.29) is 17.6 Å². The first-order valence-electron chi connectivity index (χ1n) is 9.14. The van der Waals surface area contributed by atoms with Gasteiger partial charge in [0.05, 0.1) is 18.1 Å². The van der Waals surface area contributed by atoms with Crippen molar-refractivity contribution in [3.05, 3.63) is 74.8 Å². The topological polar surface area (TPSA) is 81.5 Å². The standard InChI is InChI=1S/C22H26N2O4/c1-14(2)19-13-20(15(3)12-21(19)28-5)16(4)23-22(25)11-8-17-6-9-18(10-7-17)24(26)27/h6-14,16H,1-5H3,(H,23,25)/b11-8+/t16-/m1/s1. The van der Waals surface area contributed by atoms with Gasteiger partial charge in [-0.05, 0) is 72.4 Å². The van der Waals surface area contributed by atoms with Crippen LogP contribution < -0.4 is 10.1 Å². The molecule has 0 aliphatic rings. The van der Waals surface area contributed by atoms with Crippen molar-refractivity contribution in [2.75, 3.05) is 7.11 Å². The Labute approximate surface area is 165 Å². The highest BCUT2D eigenvalue weighted by Gasteiger charge is 2.16. The monoisotopic (exact) mass is 382 g/mol. The lowest BCUT2D eigenvalue weighted by Crippen LogP contribution is -2.25. The Bertz CT molecular complexity index is 886. The van der Waals surface area contributed by atoms with Crippen LogP contribution in [0.1, 0.15) is 55.0 Å². The van der Waals surface area contributed by atoms with Gasteiger partial charge in [-0.3, -0.25) is 14.9 Å². The van der Waals surface area contributed by atoms with E-state index in [1.54, 1.807) is 25.3 Å². The molecule has 0 radical (unpaired) electrons. The number of nitro benzene ring substituents is 1. The number of benzene rings is 2. The van der Waals surface area contributed by atoms with Crippen molar-refractivity contribution in [2.24, 2.45) is 0 Å². The SMILES string of the molecule is COc1cc(C)c([C@@H](C)NC(=O)/C=C/c2ccc([N+](=O)[O-])cc2)cc1C(C)C. The van der Waals surface area contributed by atoms with Crippen LogP contribution >= 0.6 is 0 Å². The average molecular weight is 382 g/mol. The number of nitrogens with zero attached hydrogens (tertiary/aromatic N) is 1. The molecule has 2 aromatic rings. The highest BCUT2D eigenvalue weighted by atomic mass is 16.6. The highest BCUT2D eigenvalue weighted by molar-refractivity contribution is 5.92. The van der Waals surface area contributed by atoms with Crippen LogP contribution in [0.4, 0.5) is 5.69 Å². The van der Waals surface area contributed by atoms with Crippen LogP contribution in [-0.4, -0.2) is 17.9 Å². The predicted molar refractivity (Wildman–Crippen MR) is 111 cm³/mol. The fraction of sp³-hybridized carbons (Fsp3) is 0.318. The zero-order chi connectivity index (χ0) is 20.8. The van der Waals surface area contributed by atoms with Gasteiger partial charge in [0.2, 0.25) is 5.91 Å².